The van der Waals surface area contributed by atoms with E-state index in [0.29, 0.717) is 36.4 Å². The number of allylic oxidation sites excluding steroid dienone is 1. The topological polar surface area (TPSA) is 125 Å². The van der Waals surface area contributed by atoms with E-state index in [-0.39, 0.29) is 49.3 Å². The monoisotopic (exact) mass is 679 g/mol. The molecular weight excluding hydrogens is 642 g/mol. The van der Waals surface area contributed by atoms with Crippen LogP contribution in [0.25, 0.3) is 0 Å². The number of rotatable bonds is 15. The Morgan fingerprint density at radius 2 is 2.05 bits per heavy atom. The van der Waals surface area contributed by atoms with Crippen molar-refractivity contribution in [1.29, 1.82) is 0 Å². The summed E-state index contributed by atoms with van der Waals surface area (Å²) in [7, 11) is 0. The Kier molecular flexibility index (Phi) is 11.1. The molecule has 3 aliphatic rings. The number of nitrogens with one attached hydrogen (secondary N) is 1. The molecule has 3 heterocycles. The van der Waals surface area contributed by atoms with E-state index in [1.165, 1.54) is 9.80 Å². The number of aliphatic hydroxyl groups is 1. The molecule has 1 spiro atoms. The molecule has 1 aromatic rings. The molecule has 0 aromatic heterocycles. The molecule has 3 aliphatic heterocycles. The standard InChI is InChI=1S/C31H39BrClN3O7/c1-4-6-13-23(38)34-18-19(3)42-30(41)24-25-28(39)36(15-9-10-16-37)27(31(25)17-20(32)26(24)43-31)29(40)35(14-5-2)22-12-8-7-11-21(22)33/h4-5,7-8,11-12,19-20,24-27,37H,1-2,6,9-10,13-18H2,3H3,(H,34,38)/t19-,20?,24-,25+,26-,27-,31+/m0/s1. The van der Waals surface area contributed by atoms with Crippen LogP contribution < -0.4 is 10.2 Å². The van der Waals surface area contributed by atoms with Crippen LogP contribution in [0, 0.1) is 11.8 Å². The molecule has 43 heavy (non-hydrogen) atoms. The van der Waals surface area contributed by atoms with Crippen molar-refractivity contribution >= 4 is 56.9 Å². The fraction of sp³-hybridized carbons (Fsp3) is 0.548. The van der Waals surface area contributed by atoms with Crippen LogP contribution in [0.3, 0.4) is 0 Å². The number of hydrogen-bond acceptors (Lipinski definition) is 7. The number of carbonyl (C=O) groups excluding carboxylic acids is 4. The van der Waals surface area contributed by atoms with Gasteiger partial charge in [-0.1, -0.05) is 51.8 Å². The second-order valence-corrected chi connectivity index (χ2v) is 12.8. The zero-order chi connectivity index (χ0) is 31.3. The van der Waals surface area contributed by atoms with Crippen molar-refractivity contribution in [1.82, 2.24) is 10.2 Å². The van der Waals surface area contributed by atoms with Crippen LogP contribution in [-0.2, 0) is 28.7 Å². The largest absolute Gasteiger partial charge is 0.460 e. The highest BCUT2D eigenvalue weighted by molar-refractivity contribution is 9.09. The maximum Gasteiger partial charge on any atom is 0.312 e. The minimum Gasteiger partial charge on any atom is -0.460 e. The van der Waals surface area contributed by atoms with Gasteiger partial charge in [0.1, 0.15) is 17.7 Å². The van der Waals surface area contributed by atoms with Crippen LogP contribution in [0.2, 0.25) is 5.02 Å². The van der Waals surface area contributed by atoms with Crippen molar-refractivity contribution < 1.29 is 33.8 Å². The average molecular weight is 681 g/mol. The van der Waals surface area contributed by atoms with Crippen molar-refractivity contribution in [3.8, 4) is 0 Å². The van der Waals surface area contributed by atoms with Crippen LogP contribution in [0.1, 0.15) is 39.0 Å². The molecule has 3 fully saturated rings. The lowest BCUT2D eigenvalue weighted by Crippen LogP contribution is -2.57. The Morgan fingerprint density at radius 3 is 2.72 bits per heavy atom. The molecule has 2 bridgehead atoms. The van der Waals surface area contributed by atoms with Crippen molar-refractivity contribution in [3.63, 3.8) is 0 Å². The number of esters is 1. The minimum atomic E-state index is -1.28. The first kappa shape index (κ1) is 33.2. The Balaban J connectivity index is 1.64. The number of fused-ring (bicyclic) bond motifs is 1. The van der Waals surface area contributed by atoms with E-state index in [1.54, 1.807) is 43.3 Å². The average Bonchev–Trinajstić information content (AvgIpc) is 3.57. The predicted molar refractivity (Wildman–Crippen MR) is 166 cm³/mol. The predicted octanol–water partition coefficient (Wildman–Crippen LogP) is 3.39. The summed E-state index contributed by atoms with van der Waals surface area (Å²) in [5, 5.41) is 12.5. The fourth-order valence-electron chi connectivity index (χ4n) is 6.46. The molecule has 4 rings (SSSR count). The van der Waals surface area contributed by atoms with Crippen molar-refractivity contribution in [2.45, 2.75) is 67.7 Å². The Hall–Kier alpha value is -2.73. The second-order valence-electron chi connectivity index (χ2n) is 11.2. The number of carbonyl (C=O) groups is 4. The molecule has 2 N–H and O–H groups in total. The third kappa shape index (κ3) is 6.55. The molecule has 10 nitrogen and oxygen atoms in total. The normalized spacial score (nSPS) is 27.9. The number of nitrogens with zero attached hydrogens (tertiary/aromatic N) is 2. The second kappa shape index (κ2) is 14.4. The van der Waals surface area contributed by atoms with Gasteiger partial charge >= 0.3 is 5.97 Å². The van der Waals surface area contributed by atoms with Gasteiger partial charge in [-0.15, -0.1) is 13.2 Å². The lowest BCUT2D eigenvalue weighted by Gasteiger charge is -2.37. The summed E-state index contributed by atoms with van der Waals surface area (Å²) in [5.41, 5.74) is -0.807. The third-order valence-corrected chi connectivity index (χ3v) is 9.47. The zero-order valence-electron chi connectivity index (χ0n) is 24.3. The maximum absolute atomic E-state index is 14.5. The van der Waals surface area contributed by atoms with E-state index in [9.17, 15) is 24.3 Å². The molecule has 0 aliphatic carbocycles. The molecule has 7 atom stereocenters. The molecule has 1 aromatic carbocycles. The lowest BCUT2D eigenvalue weighted by molar-refractivity contribution is -0.159. The molecule has 0 saturated carbocycles. The van der Waals surface area contributed by atoms with E-state index in [2.05, 4.69) is 34.4 Å². The van der Waals surface area contributed by atoms with Crippen molar-refractivity contribution in [3.05, 3.63) is 54.6 Å². The number of hydrogen-bond donors (Lipinski definition) is 2. The Labute approximate surface area is 265 Å². The number of aliphatic hydroxyl groups excluding tert-OH is 1. The first-order valence-corrected chi connectivity index (χ1v) is 15.9. The van der Waals surface area contributed by atoms with Crippen LogP contribution in [0.5, 0.6) is 0 Å². The van der Waals surface area contributed by atoms with E-state index in [4.69, 9.17) is 21.1 Å². The van der Waals surface area contributed by atoms with Gasteiger partial charge in [-0.05, 0) is 44.7 Å². The van der Waals surface area contributed by atoms with Gasteiger partial charge in [0.15, 0.2) is 0 Å². The molecule has 3 saturated heterocycles. The van der Waals surface area contributed by atoms with Crippen molar-refractivity contribution in [2.24, 2.45) is 11.8 Å². The summed E-state index contributed by atoms with van der Waals surface area (Å²) in [6, 6.07) is 5.90. The van der Waals surface area contributed by atoms with Crippen molar-refractivity contribution in [2.75, 3.05) is 31.1 Å². The molecule has 0 radical (unpaired) electrons. The summed E-state index contributed by atoms with van der Waals surface area (Å²) in [6.07, 6.45) is 3.96. The number of halogens is 2. The van der Waals surface area contributed by atoms with E-state index in [1.807, 2.05) is 0 Å². The van der Waals surface area contributed by atoms with E-state index < -0.39 is 47.6 Å². The first-order chi connectivity index (χ1) is 20.6. The number of unbranched alkanes of at least 4 members (excludes halogenated alkanes) is 1. The summed E-state index contributed by atoms with van der Waals surface area (Å²) >= 11 is 10.2. The van der Waals surface area contributed by atoms with E-state index in [0.717, 1.165) is 0 Å². The number of para-hydroxylation sites is 1. The molecule has 12 heteroatoms. The van der Waals surface area contributed by atoms with E-state index >= 15 is 0 Å². The van der Waals surface area contributed by atoms with Crippen LogP contribution >= 0.6 is 27.5 Å². The summed E-state index contributed by atoms with van der Waals surface area (Å²) in [6.45, 7) is 9.49. The summed E-state index contributed by atoms with van der Waals surface area (Å²) in [5.74, 6) is -3.43. The summed E-state index contributed by atoms with van der Waals surface area (Å²) in [4.78, 5) is 57.0. The quantitative estimate of drug-likeness (QED) is 0.126. The first-order valence-electron chi connectivity index (χ1n) is 14.6. The number of benzene rings is 1. The number of likely N-dealkylation sites (tertiary alicyclic amines) is 1. The van der Waals surface area contributed by atoms with Gasteiger partial charge in [-0.3, -0.25) is 19.2 Å². The highest BCUT2D eigenvalue weighted by Gasteiger charge is 2.77. The fourth-order valence-corrected chi connectivity index (χ4v) is 7.65. The summed E-state index contributed by atoms with van der Waals surface area (Å²) < 4.78 is 12.3. The number of anilines is 1. The van der Waals surface area contributed by atoms with Gasteiger partial charge in [-0.2, -0.15) is 0 Å². The van der Waals surface area contributed by atoms with Gasteiger partial charge in [-0.25, -0.2) is 0 Å². The molecule has 1 unspecified atom stereocenters. The van der Waals surface area contributed by atoms with Gasteiger partial charge in [0, 0.05) is 30.9 Å². The number of alkyl halides is 1. The number of amides is 3. The van der Waals surface area contributed by atoms with Crippen LogP contribution in [-0.4, -0.2) is 88.6 Å². The van der Waals surface area contributed by atoms with Gasteiger partial charge in [0.05, 0.1) is 35.2 Å². The van der Waals surface area contributed by atoms with Gasteiger partial charge in [0.2, 0.25) is 11.8 Å². The third-order valence-electron chi connectivity index (χ3n) is 8.30. The molecule has 3 amide bonds. The smallest absolute Gasteiger partial charge is 0.312 e. The Bertz CT molecular complexity index is 1250. The number of ether oxygens (including phenoxy) is 2. The molecule has 234 valence electrons. The Morgan fingerprint density at radius 1 is 1.30 bits per heavy atom. The SMILES string of the molecule is C=CCCC(=O)NC[C@H](C)OC(=O)[C@@H]1[C@H]2O[C@@]3(CC2Br)[C@H](C(=O)N(CC=C)c2ccccc2Cl)N(CCCCO)C(=O)[C@@H]13. The maximum atomic E-state index is 14.5. The minimum absolute atomic E-state index is 0.0591. The highest BCUT2D eigenvalue weighted by Crippen LogP contribution is 2.60. The lowest BCUT2D eigenvalue weighted by atomic mass is 9.70. The van der Waals surface area contributed by atoms with Crippen LogP contribution in [0.15, 0.2) is 49.6 Å². The van der Waals surface area contributed by atoms with Gasteiger partial charge in [0.25, 0.3) is 5.91 Å². The molecular formula is C31H39BrClN3O7. The zero-order valence-corrected chi connectivity index (χ0v) is 26.6. The van der Waals surface area contributed by atoms with Gasteiger partial charge < -0.3 is 29.7 Å². The highest BCUT2D eigenvalue weighted by atomic mass is 79.9. The van der Waals surface area contributed by atoms with Crippen LogP contribution in [0.4, 0.5) is 5.69 Å².